The molecule has 0 N–H and O–H groups in total. The van der Waals surface area contributed by atoms with Crippen molar-refractivity contribution < 1.29 is 38.1 Å². The molecule has 56 heavy (non-hydrogen) atoms. The Kier molecular flexibility index (Phi) is 22.6. The molecule has 2 atom stereocenters. The van der Waals surface area contributed by atoms with Gasteiger partial charge in [0.15, 0.2) is 0 Å². The Hall–Kier alpha value is -4.20. The molecule has 0 aliphatic heterocycles. The molecule has 0 spiro atoms. The van der Waals surface area contributed by atoms with Crippen LogP contribution in [0.3, 0.4) is 0 Å². The predicted molar refractivity (Wildman–Crippen MR) is 222 cm³/mol. The van der Waals surface area contributed by atoms with E-state index in [4.69, 9.17) is 18.9 Å². The second kappa shape index (κ2) is 27.4. The van der Waals surface area contributed by atoms with Crippen molar-refractivity contribution >= 4 is 23.9 Å². The summed E-state index contributed by atoms with van der Waals surface area (Å²) in [6.45, 7) is 11.5. The number of benzene rings is 2. The van der Waals surface area contributed by atoms with Crippen molar-refractivity contribution in [2.45, 2.75) is 167 Å². The third-order valence-corrected chi connectivity index (χ3v) is 10.8. The van der Waals surface area contributed by atoms with Gasteiger partial charge >= 0.3 is 23.9 Å². The van der Waals surface area contributed by atoms with Crippen LogP contribution >= 0.6 is 0 Å². The van der Waals surface area contributed by atoms with Crippen molar-refractivity contribution in [2.24, 2.45) is 11.8 Å². The van der Waals surface area contributed by atoms with Gasteiger partial charge in [0.05, 0.1) is 11.8 Å². The van der Waals surface area contributed by atoms with E-state index in [0.29, 0.717) is 37.2 Å². The molecule has 0 aromatic heterocycles. The fourth-order valence-electron chi connectivity index (χ4n) is 7.36. The van der Waals surface area contributed by atoms with Crippen LogP contribution in [-0.4, -0.2) is 23.9 Å². The fourth-order valence-corrected chi connectivity index (χ4v) is 7.36. The molecule has 2 aromatic carbocycles. The first-order valence-electron chi connectivity index (χ1n) is 21.6. The first-order valence-corrected chi connectivity index (χ1v) is 21.6. The topological polar surface area (TPSA) is 105 Å². The van der Waals surface area contributed by atoms with Crippen molar-refractivity contribution in [3.8, 4) is 11.5 Å². The number of carbonyl (C=O) groups is 4. The van der Waals surface area contributed by atoms with Crippen LogP contribution in [0.25, 0.3) is 0 Å². The normalized spacial score (nSPS) is 16.2. The van der Waals surface area contributed by atoms with Gasteiger partial charge in [-0.1, -0.05) is 141 Å². The van der Waals surface area contributed by atoms with E-state index in [9.17, 15) is 19.2 Å². The molecule has 0 amide bonds. The number of hydrogen-bond acceptors (Lipinski definition) is 8. The molecule has 1 aliphatic carbocycles. The lowest BCUT2D eigenvalue weighted by molar-refractivity contribution is -0.145. The summed E-state index contributed by atoms with van der Waals surface area (Å²) < 4.78 is 22.8. The Bertz CT molecular complexity index is 1340. The van der Waals surface area contributed by atoms with Gasteiger partial charge < -0.3 is 18.9 Å². The summed E-state index contributed by atoms with van der Waals surface area (Å²) in [5, 5.41) is 0. The molecule has 1 saturated carbocycles. The van der Waals surface area contributed by atoms with Gasteiger partial charge in [-0.3, -0.25) is 9.59 Å². The molecule has 1 fully saturated rings. The van der Waals surface area contributed by atoms with E-state index in [1.807, 2.05) is 24.3 Å². The third-order valence-electron chi connectivity index (χ3n) is 10.8. The first kappa shape index (κ1) is 46.2. The zero-order chi connectivity index (χ0) is 40.4. The molecule has 0 bridgehead atoms. The number of esters is 4. The van der Waals surface area contributed by atoms with Crippen molar-refractivity contribution in [3.05, 3.63) is 85.0 Å². The van der Waals surface area contributed by atoms with E-state index in [1.165, 1.54) is 89.2 Å². The summed E-state index contributed by atoms with van der Waals surface area (Å²) in [6, 6.07) is 14.4. The summed E-state index contributed by atoms with van der Waals surface area (Å²) >= 11 is 0. The number of carbonyl (C=O) groups excluding carboxylic acids is 4. The minimum Gasteiger partial charge on any atom is -0.454 e. The number of hydrogen-bond donors (Lipinski definition) is 0. The van der Waals surface area contributed by atoms with Crippen LogP contribution in [0.15, 0.2) is 73.8 Å². The summed E-state index contributed by atoms with van der Waals surface area (Å²) in [5.41, 5.74) is 1.71. The molecule has 8 heteroatoms. The maximum Gasteiger partial charge on any atom is 0.330 e. The van der Waals surface area contributed by atoms with Crippen LogP contribution in [0.5, 0.6) is 11.5 Å². The second-order valence-corrected chi connectivity index (χ2v) is 15.3. The smallest absolute Gasteiger partial charge is 0.330 e. The highest BCUT2D eigenvalue weighted by atomic mass is 16.6. The van der Waals surface area contributed by atoms with Gasteiger partial charge in [0.2, 0.25) is 0 Å². The minimum atomic E-state index is -0.455. The first-order chi connectivity index (χ1) is 27.3. The van der Waals surface area contributed by atoms with E-state index in [1.54, 1.807) is 24.3 Å². The van der Waals surface area contributed by atoms with Crippen LogP contribution in [0.4, 0.5) is 0 Å². The van der Waals surface area contributed by atoms with E-state index >= 15 is 0 Å². The van der Waals surface area contributed by atoms with Crippen molar-refractivity contribution in [3.63, 3.8) is 0 Å². The lowest BCUT2D eigenvalue weighted by Gasteiger charge is -2.26. The van der Waals surface area contributed by atoms with Crippen LogP contribution in [-0.2, 0) is 28.7 Å². The molecule has 0 saturated heterocycles. The summed E-state index contributed by atoms with van der Waals surface area (Å²) in [5.74, 6) is -1.28. The molecule has 0 radical (unpaired) electrons. The van der Waals surface area contributed by atoms with Crippen LogP contribution in [0.2, 0.25) is 0 Å². The Morgan fingerprint density at radius 3 is 1.12 bits per heavy atom. The van der Waals surface area contributed by atoms with Gasteiger partial charge in [-0.2, -0.15) is 0 Å². The number of unbranched alkanes of at least 4 members (excludes halogenated alkanes) is 14. The molecular formula is C48H68O8. The van der Waals surface area contributed by atoms with Gasteiger partial charge in [-0.15, -0.1) is 0 Å². The van der Waals surface area contributed by atoms with Crippen LogP contribution in [0.1, 0.15) is 178 Å². The predicted octanol–water partition coefficient (Wildman–Crippen LogP) is 12.6. The highest BCUT2D eigenvalue weighted by Gasteiger charge is 2.32. The maximum atomic E-state index is 13.1. The van der Waals surface area contributed by atoms with Gasteiger partial charge in [0.1, 0.15) is 23.7 Å². The average molecular weight is 773 g/mol. The van der Waals surface area contributed by atoms with Gasteiger partial charge in [0, 0.05) is 12.2 Å². The van der Waals surface area contributed by atoms with Crippen molar-refractivity contribution in [2.75, 3.05) is 0 Å². The Labute approximate surface area is 336 Å². The summed E-state index contributed by atoms with van der Waals surface area (Å²) in [4.78, 5) is 50.3. The van der Waals surface area contributed by atoms with E-state index in [2.05, 4.69) is 27.0 Å². The van der Waals surface area contributed by atoms with E-state index in [-0.39, 0.29) is 36.0 Å². The summed E-state index contributed by atoms with van der Waals surface area (Å²) in [7, 11) is 0. The molecule has 8 nitrogen and oxygen atoms in total. The molecule has 3 rings (SSSR count). The molecule has 2 aromatic rings. The van der Waals surface area contributed by atoms with Gasteiger partial charge in [0.25, 0.3) is 0 Å². The molecule has 2 unspecified atom stereocenters. The lowest BCUT2D eigenvalue weighted by atomic mass is 9.82. The van der Waals surface area contributed by atoms with Crippen molar-refractivity contribution in [1.82, 2.24) is 0 Å². The van der Waals surface area contributed by atoms with Crippen LogP contribution < -0.4 is 9.47 Å². The van der Waals surface area contributed by atoms with Gasteiger partial charge in [-0.25, -0.2) is 9.59 Å². The Balaban J connectivity index is 1.44. The van der Waals surface area contributed by atoms with E-state index in [0.717, 1.165) is 49.7 Å². The fraction of sp³-hybridized carbons (Fsp3) is 0.583. The zero-order valence-electron chi connectivity index (χ0n) is 34.3. The monoisotopic (exact) mass is 772 g/mol. The Morgan fingerprint density at radius 1 is 0.518 bits per heavy atom. The van der Waals surface area contributed by atoms with E-state index < -0.39 is 11.9 Å². The third kappa shape index (κ3) is 17.7. The lowest BCUT2D eigenvalue weighted by Crippen LogP contribution is -2.30. The number of rotatable bonds is 28. The van der Waals surface area contributed by atoms with Crippen molar-refractivity contribution in [1.29, 1.82) is 0 Å². The minimum absolute atomic E-state index is 0.308. The standard InChI is InChI=1S/C48H68O8/c1-5-9-11-13-15-17-19-21-23-43(55-45(49)7-3)37-29-33-41(34-30-37)53-47(51)39-25-27-40(28-26-39)48(52)54-42-35-31-38(32-36-42)44(56-46(50)8-4)24-22-20-18-16-14-12-10-6-2/h7-8,29-36,39-40,43-44H,3-6,9-28H2,1-2H3. The SMILES string of the molecule is C=CC(=O)OC(CCCCCCCCCC)c1ccc(OC(=O)C2CCC(C(=O)Oc3ccc(C(CCCCCCCCCC)OC(=O)C=C)cc3)CC2)cc1. The molecule has 0 heterocycles. The highest BCUT2D eigenvalue weighted by Crippen LogP contribution is 2.33. The molecule has 1 aliphatic rings. The maximum absolute atomic E-state index is 13.1. The highest BCUT2D eigenvalue weighted by molar-refractivity contribution is 5.82. The number of ether oxygens (including phenoxy) is 4. The zero-order valence-corrected chi connectivity index (χ0v) is 34.3. The molecule has 308 valence electrons. The van der Waals surface area contributed by atoms with Gasteiger partial charge in [-0.05, 0) is 86.8 Å². The Morgan fingerprint density at radius 2 is 0.821 bits per heavy atom. The summed E-state index contributed by atoms with van der Waals surface area (Å²) in [6.07, 6.45) is 24.3. The van der Waals surface area contributed by atoms with Crippen LogP contribution in [0, 0.1) is 11.8 Å². The molecular weight excluding hydrogens is 705 g/mol. The second-order valence-electron chi connectivity index (χ2n) is 15.3. The largest absolute Gasteiger partial charge is 0.454 e. The quantitative estimate of drug-likeness (QED) is 0.0364. The average Bonchev–Trinajstić information content (AvgIpc) is 3.22.